The van der Waals surface area contributed by atoms with Crippen molar-refractivity contribution in [1.82, 2.24) is 0 Å². The van der Waals surface area contributed by atoms with Gasteiger partial charge in [0.1, 0.15) is 0 Å². The van der Waals surface area contributed by atoms with Crippen LogP contribution >= 0.6 is 46.4 Å². The third-order valence-electron chi connectivity index (χ3n) is 2.77. The van der Waals surface area contributed by atoms with Crippen LogP contribution in [0.15, 0.2) is 30.3 Å². The zero-order chi connectivity index (χ0) is 14.0. The Balaban J connectivity index is 2.63. The van der Waals surface area contributed by atoms with Gasteiger partial charge in [-0.1, -0.05) is 64.6 Å². The number of hydrogen-bond donors (Lipinski definition) is 1. The van der Waals surface area contributed by atoms with Gasteiger partial charge in [0.05, 0.1) is 15.1 Å². The van der Waals surface area contributed by atoms with E-state index >= 15 is 0 Å². The van der Waals surface area contributed by atoms with E-state index in [-0.39, 0.29) is 0 Å². The molecule has 5 heteroatoms. The minimum Gasteiger partial charge on any atom is -0.330 e. The van der Waals surface area contributed by atoms with Crippen molar-refractivity contribution >= 4 is 46.4 Å². The fraction of sp³-hybridized carbons (Fsp3) is 0.143. The Labute approximate surface area is 132 Å². The summed E-state index contributed by atoms with van der Waals surface area (Å²) in [6.45, 7) is 0.533. The van der Waals surface area contributed by atoms with E-state index in [2.05, 4.69) is 0 Å². The molecule has 19 heavy (non-hydrogen) atoms. The second-order valence-corrected chi connectivity index (χ2v) is 5.69. The molecule has 0 fully saturated rings. The molecule has 0 spiro atoms. The Morgan fingerprint density at radius 1 is 0.947 bits per heavy atom. The van der Waals surface area contributed by atoms with Crippen molar-refractivity contribution in [3.63, 3.8) is 0 Å². The summed E-state index contributed by atoms with van der Waals surface area (Å²) in [6.07, 6.45) is 0.704. The Morgan fingerprint density at radius 2 is 1.58 bits per heavy atom. The summed E-state index contributed by atoms with van der Waals surface area (Å²) < 4.78 is 0. The van der Waals surface area contributed by atoms with Crippen molar-refractivity contribution in [2.75, 3.05) is 6.54 Å². The van der Waals surface area contributed by atoms with Crippen molar-refractivity contribution in [1.29, 1.82) is 0 Å². The van der Waals surface area contributed by atoms with Crippen LogP contribution in [0.2, 0.25) is 20.1 Å². The molecule has 0 saturated heterocycles. The first kappa shape index (κ1) is 15.0. The Kier molecular flexibility index (Phi) is 4.99. The van der Waals surface area contributed by atoms with Gasteiger partial charge in [-0.15, -0.1) is 0 Å². The zero-order valence-corrected chi connectivity index (χ0v) is 12.9. The highest BCUT2D eigenvalue weighted by Gasteiger charge is 2.14. The molecular weight excluding hydrogens is 324 g/mol. The average molecular weight is 335 g/mol. The summed E-state index contributed by atoms with van der Waals surface area (Å²) in [5, 5.41) is 2.07. The van der Waals surface area contributed by atoms with E-state index < -0.39 is 0 Å². The maximum absolute atomic E-state index is 6.40. The maximum atomic E-state index is 6.40. The third kappa shape index (κ3) is 3.18. The first-order valence-electron chi connectivity index (χ1n) is 5.67. The SMILES string of the molecule is NCCc1cccc(-c2c(Cl)cc(Cl)cc2Cl)c1Cl. The van der Waals surface area contributed by atoms with Crippen LogP contribution in [0.25, 0.3) is 11.1 Å². The van der Waals surface area contributed by atoms with Crippen LogP contribution in [0.1, 0.15) is 5.56 Å². The summed E-state index contributed by atoms with van der Waals surface area (Å²) in [7, 11) is 0. The molecule has 0 bridgehead atoms. The van der Waals surface area contributed by atoms with Crippen LogP contribution < -0.4 is 5.73 Å². The zero-order valence-electron chi connectivity index (χ0n) is 9.89. The molecule has 0 aromatic heterocycles. The molecule has 0 saturated carbocycles. The second kappa shape index (κ2) is 6.34. The van der Waals surface area contributed by atoms with Gasteiger partial charge in [-0.05, 0) is 30.7 Å². The molecule has 0 aliphatic heterocycles. The van der Waals surface area contributed by atoms with Crippen LogP contribution in [-0.2, 0) is 6.42 Å². The molecule has 2 N–H and O–H groups in total. The minimum absolute atomic E-state index is 0.476. The van der Waals surface area contributed by atoms with Crippen LogP contribution in [-0.4, -0.2) is 6.54 Å². The van der Waals surface area contributed by atoms with E-state index in [4.69, 9.17) is 52.1 Å². The highest BCUT2D eigenvalue weighted by Crippen LogP contribution is 2.41. The molecule has 2 aromatic rings. The standard InChI is InChI=1S/C14H11Cl4N/c15-9-6-11(16)13(12(17)7-9)10-3-1-2-8(4-5-19)14(10)18/h1-3,6-7H,4-5,19H2. The molecule has 2 aromatic carbocycles. The first-order valence-corrected chi connectivity index (χ1v) is 7.18. The molecule has 0 aliphatic rings. The summed E-state index contributed by atoms with van der Waals surface area (Å²) in [6, 6.07) is 9.03. The maximum Gasteiger partial charge on any atom is 0.0517 e. The van der Waals surface area contributed by atoms with Gasteiger partial charge in [-0.3, -0.25) is 0 Å². The van der Waals surface area contributed by atoms with Gasteiger partial charge in [-0.25, -0.2) is 0 Å². The molecule has 0 atom stereocenters. The molecule has 0 aliphatic carbocycles. The Bertz CT molecular complexity index is 587. The largest absolute Gasteiger partial charge is 0.330 e. The van der Waals surface area contributed by atoms with Crippen LogP contribution in [0.4, 0.5) is 0 Å². The topological polar surface area (TPSA) is 26.0 Å². The van der Waals surface area contributed by atoms with E-state index in [0.717, 1.165) is 11.1 Å². The van der Waals surface area contributed by atoms with Gasteiger partial charge in [0.25, 0.3) is 0 Å². The van der Waals surface area contributed by atoms with Gasteiger partial charge in [0, 0.05) is 16.1 Å². The summed E-state index contributed by atoms with van der Waals surface area (Å²) in [5.74, 6) is 0. The number of benzene rings is 2. The molecule has 0 amide bonds. The average Bonchev–Trinajstić information content (AvgIpc) is 2.32. The van der Waals surface area contributed by atoms with Crippen LogP contribution in [0.3, 0.4) is 0 Å². The summed E-state index contributed by atoms with van der Waals surface area (Å²) in [4.78, 5) is 0. The van der Waals surface area contributed by atoms with Gasteiger partial charge in [0.2, 0.25) is 0 Å². The second-order valence-electron chi connectivity index (χ2n) is 4.06. The molecule has 0 unspecified atom stereocenters. The molecule has 0 radical (unpaired) electrons. The molecule has 2 rings (SSSR count). The smallest absolute Gasteiger partial charge is 0.0517 e. The minimum atomic E-state index is 0.476. The molecule has 100 valence electrons. The lowest BCUT2D eigenvalue weighted by molar-refractivity contribution is 0.969. The van der Waals surface area contributed by atoms with Crippen LogP contribution in [0.5, 0.6) is 0 Å². The van der Waals surface area contributed by atoms with Crippen molar-refractivity contribution < 1.29 is 0 Å². The monoisotopic (exact) mass is 333 g/mol. The van der Waals surface area contributed by atoms with Gasteiger partial charge in [-0.2, -0.15) is 0 Å². The number of nitrogens with two attached hydrogens (primary N) is 1. The van der Waals surface area contributed by atoms with E-state index in [0.29, 0.717) is 38.6 Å². The van der Waals surface area contributed by atoms with Gasteiger partial charge < -0.3 is 5.73 Å². The first-order chi connectivity index (χ1) is 9.04. The molecule has 0 heterocycles. The van der Waals surface area contributed by atoms with E-state index in [9.17, 15) is 0 Å². The van der Waals surface area contributed by atoms with Crippen molar-refractivity contribution in [3.05, 3.63) is 56.0 Å². The van der Waals surface area contributed by atoms with Gasteiger partial charge >= 0.3 is 0 Å². The van der Waals surface area contributed by atoms with E-state index in [1.165, 1.54) is 0 Å². The fourth-order valence-corrected chi connectivity index (χ4v) is 3.26. The summed E-state index contributed by atoms with van der Waals surface area (Å²) in [5.41, 5.74) is 8.03. The predicted molar refractivity (Wildman–Crippen MR) is 84.7 cm³/mol. The highest BCUT2D eigenvalue weighted by atomic mass is 35.5. The lowest BCUT2D eigenvalue weighted by Crippen LogP contribution is -2.03. The third-order valence-corrected chi connectivity index (χ3v) is 4.03. The van der Waals surface area contributed by atoms with Gasteiger partial charge in [0.15, 0.2) is 0 Å². The quantitative estimate of drug-likeness (QED) is 0.791. The Hall–Kier alpha value is -0.440. The summed E-state index contributed by atoms with van der Waals surface area (Å²) >= 11 is 24.7. The van der Waals surface area contributed by atoms with Crippen LogP contribution in [0, 0.1) is 0 Å². The number of halogens is 4. The van der Waals surface area contributed by atoms with E-state index in [1.54, 1.807) is 12.1 Å². The fourth-order valence-electron chi connectivity index (χ4n) is 1.92. The van der Waals surface area contributed by atoms with Crippen molar-refractivity contribution in [2.45, 2.75) is 6.42 Å². The molecule has 1 nitrogen and oxygen atoms in total. The predicted octanol–water partition coefficient (Wildman–Crippen LogP) is 5.47. The lowest BCUT2D eigenvalue weighted by Gasteiger charge is -2.12. The number of rotatable bonds is 3. The Morgan fingerprint density at radius 3 is 2.16 bits per heavy atom. The number of hydrogen-bond acceptors (Lipinski definition) is 1. The van der Waals surface area contributed by atoms with E-state index in [1.807, 2.05) is 18.2 Å². The van der Waals surface area contributed by atoms with Crippen molar-refractivity contribution in [3.8, 4) is 11.1 Å². The highest BCUT2D eigenvalue weighted by molar-refractivity contribution is 6.43. The molecular formula is C14H11Cl4N. The lowest BCUT2D eigenvalue weighted by atomic mass is 10.0. The normalized spacial score (nSPS) is 10.8. The van der Waals surface area contributed by atoms with Crippen molar-refractivity contribution in [2.24, 2.45) is 5.73 Å².